The highest BCUT2D eigenvalue weighted by Crippen LogP contribution is 2.29. The molecule has 6 nitrogen and oxygen atoms in total. The lowest BCUT2D eigenvalue weighted by Crippen LogP contribution is -2.23. The maximum atomic E-state index is 12.6. The third-order valence-electron chi connectivity index (χ3n) is 4.27. The number of pyridine rings is 2. The van der Waals surface area contributed by atoms with Crippen LogP contribution in [0.1, 0.15) is 12.5 Å². The molecule has 1 amide bonds. The minimum absolute atomic E-state index is 0.241. The third-order valence-corrected chi connectivity index (χ3v) is 5.81. The molecule has 0 aliphatic rings. The number of aromatic nitrogens is 4. The lowest BCUT2D eigenvalue weighted by molar-refractivity contribution is -0.115. The van der Waals surface area contributed by atoms with Gasteiger partial charge in [0.2, 0.25) is 5.91 Å². The van der Waals surface area contributed by atoms with Gasteiger partial charge in [0.15, 0.2) is 16.6 Å². The van der Waals surface area contributed by atoms with Crippen molar-refractivity contribution in [2.24, 2.45) is 0 Å². The second-order valence-corrected chi connectivity index (χ2v) is 8.41. The summed E-state index contributed by atoms with van der Waals surface area (Å²) in [4.78, 5) is 16.7. The summed E-state index contributed by atoms with van der Waals surface area (Å²) in [6.07, 6.45) is 1.43. The topological polar surface area (TPSA) is 72.2 Å². The minimum atomic E-state index is -0.444. The van der Waals surface area contributed by atoms with E-state index in [2.05, 4.69) is 26.6 Å². The quantitative estimate of drug-likeness (QED) is 0.459. The van der Waals surface area contributed by atoms with Crippen molar-refractivity contribution in [1.82, 2.24) is 19.6 Å². The molecule has 0 unspecified atom stereocenters. The molecule has 0 aliphatic heterocycles. The number of halogens is 2. The lowest BCUT2D eigenvalue weighted by atomic mass is 10.1. The Balaban J connectivity index is 1.62. The number of amides is 1. The second kappa shape index (κ2) is 7.58. The van der Waals surface area contributed by atoms with E-state index in [4.69, 9.17) is 23.2 Å². The van der Waals surface area contributed by atoms with Gasteiger partial charge in [-0.3, -0.25) is 9.20 Å². The first-order valence-corrected chi connectivity index (χ1v) is 10.1. The maximum Gasteiger partial charge on any atom is 0.238 e. The molecule has 1 atom stereocenters. The van der Waals surface area contributed by atoms with Gasteiger partial charge in [0.05, 0.1) is 20.8 Å². The number of anilines is 1. The zero-order valence-corrected chi connectivity index (χ0v) is 17.3. The van der Waals surface area contributed by atoms with E-state index in [-0.39, 0.29) is 16.7 Å². The fourth-order valence-electron chi connectivity index (χ4n) is 2.89. The molecule has 3 aromatic heterocycles. The summed E-state index contributed by atoms with van der Waals surface area (Å²) in [5.74, 6) is 0.0329. The van der Waals surface area contributed by atoms with Crippen molar-refractivity contribution in [2.45, 2.75) is 24.3 Å². The number of carbonyl (C=O) groups excluding carboxylic acids is 1. The van der Waals surface area contributed by atoms with Crippen molar-refractivity contribution in [3.63, 3.8) is 0 Å². The Morgan fingerprint density at radius 3 is 2.79 bits per heavy atom. The lowest BCUT2D eigenvalue weighted by Gasteiger charge is -2.12. The van der Waals surface area contributed by atoms with E-state index in [1.54, 1.807) is 6.92 Å². The zero-order valence-electron chi connectivity index (χ0n) is 15.0. The van der Waals surface area contributed by atoms with Crippen molar-refractivity contribution in [2.75, 3.05) is 5.32 Å². The van der Waals surface area contributed by atoms with E-state index in [1.807, 2.05) is 35.6 Å². The molecule has 1 N–H and O–H groups in total. The highest BCUT2D eigenvalue weighted by Gasteiger charge is 2.20. The summed E-state index contributed by atoms with van der Waals surface area (Å²) in [5.41, 5.74) is 2.87. The molecule has 142 valence electrons. The first kappa shape index (κ1) is 19.0. The van der Waals surface area contributed by atoms with Gasteiger partial charge in [0, 0.05) is 11.6 Å². The van der Waals surface area contributed by atoms with Crippen LogP contribution in [0.25, 0.3) is 16.6 Å². The van der Waals surface area contributed by atoms with Crippen LogP contribution in [0, 0.1) is 6.92 Å². The second-order valence-electron chi connectivity index (χ2n) is 6.25. The number of aryl methyl sites for hydroxylation is 1. The Bertz CT molecular complexity index is 1210. The summed E-state index contributed by atoms with van der Waals surface area (Å²) >= 11 is 13.2. The number of para-hydroxylation sites is 1. The number of hydrogen-bond acceptors (Lipinski definition) is 5. The molecule has 0 saturated carbocycles. The van der Waals surface area contributed by atoms with Crippen molar-refractivity contribution < 1.29 is 4.79 Å². The van der Waals surface area contributed by atoms with Gasteiger partial charge in [-0.15, -0.1) is 10.2 Å². The molecule has 0 fully saturated rings. The average Bonchev–Trinajstić information content (AvgIpc) is 3.06. The van der Waals surface area contributed by atoms with Gasteiger partial charge in [0.1, 0.15) is 0 Å². The molecule has 0 bridgehead atoms. The van der Waals surface area contributed by atoms with Gasteiger partial charge in [0.25, 0.3) is 0 Å². The molecule has 0 aliphatic carbocycles. The molecule has 0 saturated heterocycles. The normalized spacial score (nSPS) is 12.4. The van der Waals surface area contributed by atoms with Crippen LogP contribution in [0.2, 0.25) is 10.0 Å². The molecule has 0 spiro atoms. The van der Waals surface area contributed by atoms with Crippen molar-refractivity contribution in [3.8, 4) is 0 Å². The number of benzene rings is 1. The van der Waals surface area contributed by atoms with E-state index in [0.717, 1.165) is 22.1 Å². The number of thioether (sulfide) groups is 1. The van der Waals surface area contributed by atoms with Crippen LogP contribution in [-0.4, -0.2) is 30.7 Å². The Labute approximate surface area is 175 Å². The molecule has 1 aromatic carbocycles. The predicted octanol–water partition coefficient (Wildman–Crippen LogP) is 5.01. The van der Waals surface area contributed by atoms with Crippen LogP contribution in [0.3, 0.4) is 0 Å². The van der Waals surface area contributed by atoms with Crippen LogP contribution in [0.5, 0.6) is 0 Å². The summed E-state index contributed by atoms with van der Waals surface area (Å²) in [7, 11) is 0. The van der Waals surface area contributed by atoms with Gasteiger partial charge >= 0.3 is 0 Å². The van der Waals surface area contributed by atoms with Crippen LogP contribution in [0.15, 0.2) is 47.8 Å². The molecule has 28 heavy (non-hydrogen) atoms. The standard InChI is InChI=1S/C19H15Cl2N5OS/c1-10-7-16-24-25-19(26(16)15-6-4-3-5-13(10)15)28-11(2)18(27)23-17-14(21)8-12(20)9-22-17/h3-9,11H,1-2H3,(H,22,23,27)/t11-/m1/s1. The summed E-state index contributed by atoms with van der Waals surface area (Å²) in [5, 5.41) is 13.3. The highest BCUT2D eigenvalue weighted by molar-refractivity contribution is 8.00. The summed E-state index contributed by atoms with van der Waals surface area (Å²) in [6, 6.07) is 11.6. The van der Waals surface area contributed by atoms with E-state index < -0.39 is 5.25 Å². The molecular formula is C19H15Cl2N5OS. The van der Waals surface area contributed by atoms with E-state index in [0.29, 0.717) is 10.2 Å². The number of carbonyl (C=O) groups is 1. The third kappa shape index (κ3) is 3.53. The van der Waals surface area contributed by atoms with Crippen LogP contribution in [0.4, 0.5) is 5.82 Å². The molecule has 9 heteroatoms. The Kier molecular flexibility index (Phi) is 5.14. The molecule has 3 heterocycles. The minimum Gasteiger partial charge on any atom is -0.308 e. The van der Waals surface area contributed by atoms with Gasteiger partial charge in [-0.2, -0.15) is 0 Å². The van der Waals surface area contributed by atoms with Gasteiger partial charge in [-0.05, 0) is 37.6 Å². The number of fused-ring (bicyclic) bond motifs is 3. The van der Waals surface area contributed by atoms with Gasteiger partial charge < -0.3 is 5.32 Å². The first-order chi connectivity index (χ1) is 13.4. The largest absolute Gasteiger partial charge is 0.308 e. The van der Waals surface area contributed by atoms with Gasteiger partial charge in [-0.1, -0.05) is 53.2 Å². The fraction of sp³-hybridized carbons (Fsp3) is 0.158. The first-order valence-electron chi connectivity index (χ1n) is 8.46. The maximum absolute atomic E-state index is 12.6. The van der Waals surface area contributed by atoms with Crippen LogP contribution in [-0.2, 0) is 4.79 Å². The number of nitrogens with zero attached hydrogens (tertiary/aromatic N) is 4. The van der Waals surface area contributed by atoms with E-state index in [1.165, 1.54) is 24.0 Å². The van der Waals surface area contributed by atoms with Crippen molar-refractivity contribution in [1.29, 1.82) is 0 Å². The van der Waals surface area contributed by atoms with Crippen molar-refractivity contribution >= 4 is 63.2 Å². The monoisotopic (exact) mass is 431 g/mol. The summed E-state index contributed by atoms with van der Waals surface area (Å²) in [6.45, 7) is 3.84. The summed E-state index contributed by atoms with van der Waals surface area (Å²) < 4.78 is 1.96. The number of nitrogens with one attached hydrogen (secondary N) is 1. The SMILES string of the molecule is Cc1cc2nnc(S[C@H](C)C(=O)Nc3ncc(Cl)cc3Cl)n2c2ccccc12. The Morgan fingerprint density at radius 1 is 1.21 bits per heavy atom. The molecular weight excluding hydrogens is 417 g/mol. The van der Waals surface area contributed by atoms with Crippen LogP contribution >= 0.6 is 35.0 Å². The molecule has 0 radical (unpaired) electrons. The highest BCUT2D eigenvalue weighted by atomic mass is 35.5. The molecule has 4 aromatic rings. The fourth-order valence-corrected chi connectivity index (χ4v) is 4.18. The van der Waals surface area contributed by atoms with Gasteiger partial charge in [-0.25, -0.2) is 4.98 Å². The Morgan fingerprint density at radius 2 is 2.00 bits per heavy atom. The number of rotatable bonds is 4. The van der Waals surface area contributed by atoms with Crippen molar-refractivity contribution in [3.05, 3.63) is 58.2 Å². The smallest absolute Gasteiger partial charge is 0.238 e. The Hall–Kier alpha value is -2.35. The molecule has 4 rings (SSSR count). The van der Waals surface area contributed by atoms with E-state index >= 15 is 0 Å². The zero-order chi connectivity index (χ0) is 19.8. The predicted molar refractivity (Wildman–Crippen MR) is 113 cm³/mol. The van der Waals surface area contributed by atoms with E-state index in [9.17, 15) is 4.79 Å². The average molecular weight is 432 g/mol. The van der Waals surface area contributed by atoms with Crippen LogP contribution < -0.4 is 5.32 Å². The number of hydrogen-bond donors (Lipinski definition) is 1.